The Morgan fingerprint density at radius 1 is 1.22 bits per heavy atom. The smallest absolute Gasteiger partial charge is 0.338 e. The maximum atomic E-state index is 11.6. The molecule has 0 aliphatic carbocycles. The van der Waals surface area contributed by atoms with E-state index in [1.54, 1.807) is 6.07 Å². The number of rotatable bonds is 8. The van der Waals surface area contributed by atoms with Gasteiger partial charge in [0.05, 0.1) is 12.7 Å². The molecule has 0 aliphatic rings. The van der Waals surface area contributed by atoms with Crippen molar-refractivity contribution < 1.29 is 9.53 Å². The van der Waals surface area contributed by atoms with E-state index in [1.165, 1.54) is 32.8 Å². The Kier molecular flexibility index (Phi) is 7.11. The van der Waals surface area contributed by atoms with Crippen molar-refractivity contribution in [3.05, 3.63) is 35.4 Å². The van der Waals surface area contributed by atoms with Gasteiger partial charge >= 0.3 is 5.97 Å². The van der Waals surface area contributed by atoms with Crippen molar-refractivity contribution in [2.24, 2.45) is 0 Å². The zero-order valence-corrected chi connectivity index (χ0v) is 11.4. The van der Waals surface area contributed by atoms with Gasteiger partial charge in [-0.15, -0.1) is 0 Å². The number of nitrogens with one attached hydrogen (secondary N) is 1. The fraction of sp³-hybridized carbons (Fsp3) is 0.533. The maximum Gasteiger partial charge on any atom is 0.338 e. The van der Waals surface area contributed by atoms with Gasteiger partial charge in [-0.3, -0.25) is 0 Å². The fourth-order valence-electron chi connectivity index (χ4n) is 1.88. The molecule has 0 aliphatic heterocycles. The zero-order chi connectivity index (χ0) is 13.2. The quantitative estimate of drug-likeness (QED) is 0.568. The minimum atomic E-state index is -0.265. The number of ether oxygens (including phenoxy) is 1. The van der Waals surface area contributed by atoms with Crippen molar-refractivity contribution in [1.29, 1.82) is 0 Å². The molecule has 0 spiro atoms. The lowest BCUT2D eigenvalue weighted by Crippen LogP contribution is -2.17. The Balaban J connectivity index is 2.39. The monoisotopic (exact) mass is 249 g/mol. The summed E-state index contributed by atoms with van der Waals surface area (Å²) in [7, 11) is 1.41. The first-order valence-corrected chi connectivity index (χ1v) is 6.66. The van der Waals surface area contributed by atoms with Crippen molar-refractivity contribution in [1.82, 2.24) is 5.32 Å². The van der Waals surface area contributed by atoms with Crippen LogP contribution in [-0.2, 0) is 11.3 Å². The molecule has 3 nitrogen and oxygen atoms in total. The van der Waals surface area contributed by atoms with Gasteiger partial charge in [-0.05, 0) is 24.6 Å². The van der Waals surface area contributed by atoms with Crippen molar-refractivity contribution in [2.45, 2.75) is 39.2 Å². The molecule has 1 aromatic carbocycles. The van der Waals surface area contributed by atoms with Gasteiger partial charge < -0.3 is 10.1 Å². The number of esters is 1. The topological polar surface area (TPSA) is 38.3 Å². The summed E-state index contributed by atoms with van der Waals surface area (Å²) in [6.45, 7) is 3.92. The van der Waals surface area contributed by atoms with E-state index in [4.69, 9.17) is 4.74 Å². The molecule has 0 bridgehead atoms. The average molecular weight is 249 g/mol. The third-order valence-corrected chi connectivity index (χ3v) is 2.95. The van der Waals surface area contributed by atoms with Crippen molar-refractivity contribution in [2.75, 3.05) is 13.7 Å². The molecule has 1 aromatic rings. The third-order valence-electron chi connectivity index (χ3n) is 2.95. The summed E-state index contributed by atoms with van der Waals surface area (Å²) in [4.78, 5) is 11.6. The van der Waals surface area contributed by atoms with Crippen molar-refractivity contribution in [3.63, 3.8) is 0 Å². The van der Waals surface area contributed by atoms with E-state index in [-0.39, 0.29) is 5.97 Å². The number of hydrogen-bond acceptors (Lipinski definition) is 3. The molecule has 3 heteroatoms. The van der Waals surface area contributed by atoms with Crippen LogP contribution in [0.25, 0.3) is 0 Å². The predicted molar refractivity (Wildman–Crippen MR) is 73.6 cm³/mol. The number of carbonyl (C=O) groups is 1. The predicted octanol–water partition coefficient (Wildman–Crippen LogP) is 3.14. The highest BCUT2D eigenvalue weighted by Crippen LogP contribution is 2.09. The second kappa shape index (κ2) is 8.70. The van der Waals surface area contributed by atoms with Crippen LogP contribution in [0.5, 0.6) is 0 Å². The van der Waals surface area contributed by atoms with Crippen LogP contribution in [-0.4, -0.2) is 19.6 Å². The summed E-state index contributed by atoms with van der Waals surface area (Å²) in [5.74, 6) is -0.265. The minimum absolute atomic E-state index is 0.265. The highest BCUT2D eigenvalue weighted by Gasteiger charge is 2.09. The van der Waals surface area contributed by atoms with E-state index in [1.807, 2.05) is 18.2 Å². The summed E-state index contributed by atoms with van der Waals surface area (Å²) in [6.07, 6.45) is 5.00. The highest BCUT2D eigenvalue weighted by molar-refractivity contribution is 5.90. The van der Waals surface area contributed by atoms with Gasteiger partial charge in [-0.1, -0.05) is 44.4 Å². The molecular weight excluding hydrogens is 226 g/mol. The van der Waals surface area contributed by atoms with Crippen LogP contribution in [0.15, 0.2) is 24.3 Å². The number of carbonyl (C=O) groups excluding carboxylic acids is 1. The van der Waals surface area contributed by atoms with E-state index in [9.17, 15) is 4.79 Å². The number of methoxy groups -OCH3 is 1. The van der Waals surface area contributed by atoms with Gasteiger partial charge in [-0.2, -0.15) is 0 Å². The van der Waals surface area contributed by atoms with Crippen LogP contribution in [0.2, 0.25) is 0 Å². The number of benzene rings is 1. The molecule has 1 N–H and O–H groups in total. The Bertz CT molecular complexity index is 363. The Hall–Kier alpha value is -1.35. The standard InChI is InChI=1S/C15H23NO2/c1-3-4-5-8-11-16-12-13-9-6-7-10-14(13)15(17)18-2/h6-7,9-10,16H,3-5,8,11-12H2,1-2H3. The Morgan fingerprint density at radius 3 is 2.72 bits per heavy atom. The second-order valence-corrected chi connectivity index (χ2v) is 4.39. The molecule has 0 amide bonds. The van der Waals surface area contributed by atoms with Gasteiger partial charge in [0.2, 0.25) is 0 Å². The normalized spacial score (nSPS) is 10.3. The van der Waals surface area contributed by atoms with E-state index >= 15 is 0 Å². The van der Waals surface area contributed by atoms with E-state index in [0.717, 1.165) is 18.7 Å². The van der Waals surface area contributed by atoms with Crippen LogP contribution in [0.1, 0.15) is 48.5 Å². The lowest BCUT2D eigenvalue weighted by Gasteiger charge is -2.09. The van der Waals surface area contributed by atoms with Crippen molar-refractivity contribution in [3.8, 4) is 0 Å². The molecular formula is C15H23NO2. The zero-order valence-electron chi connectivity index (χ0n) is 11.4. The molecule has 18 heavy (non-hydrogen) atoms. The van der Waals surface area contributed by atoms with Crippen LogP contribution in [0.3, 0.4) is 0 Å². The van der Waals surface area contributed by atoms with Crippen LogP contribution in [0.4, 0.5) is 0 Å². The van der Waals surface area contributed by atoms with Gasteiger partial charge in [0, 0.05) is 6.54 Å². The first-order valence-electron chi connectivity index (χ1n) is 6.66. The van der Waals surface area contributed by atoms with E-state index in [2.05, 4.69) is 12.2 Å². The van der Waals surface area contributed by atoms with Crippen LogP contribution in [0, 0.1) is 0 Å². The Labute approximate surface area is 110 Å². The lowest BCUT2D eigenvalue weighted by molar-refractivity contribution is 0.0599. The summed E-state index contributed by atoms with van der Waals surface area (Å²) >= 11 is 0. The summed E-state index contributed by atoms with van der Waals surface area (Å²) in [6, 6.07) is 7.57. The van der Waals surface area contributed by atoms with Gasteiger partial charge in [-0.25, -0.2) is 4.79 Å². The third kappa shape index (κ3) is 4.88. The van der Waals surface area contributed by atoms with Crippen molar-refractivity contribution >= 4 is 5.97 Å². The molecule has 100 valence electrons. The van der Waals surface area contributed by atoms with Crippen LogP contribution < -0.4 is 5.32 Å². The number of unbranched alkanes of at least 4 members (excludes halogenated alkanes) is 3. The molecule has 0 atom stereocenters. The summed E-state index contributed by atoms with van der Waals surface area (Å²) < 4.78 is 4.77. The maximum absolute atomic E-state index is 11.6. The molecule has 0 saturated heterocycles. The fourth-order valence-corrected chi connectivity index (χ4v) is 1.88. The molecule has 0 fully saturated rings. The Morgan fingerprint density at radius 2 is 2.00 bits per heavy atom. The summed E-state index contributed by atoms with van der Waals surface area (Å²) in [5.41, 5.74) is 1.65. The molecule has 0 aromatic heterocycles. The molecule has 0 saturated carbocycles. The molecule has 0 radical (unpaired) electrons. The van der Waals surface area contributed by atoms with Gasteiger partial charge in [0.15, 0.2) is 0 Å². The minimum Gasteiger partial charge on any atom is -0.465 e. The van der Waals surface area contributed by atoms with E-state index < -0.39 is 0 Å². The van der Waals surface area contributed by atoms with E-state index in [0.29, 0.717) is 5.56 Å². The second-order valence-electron chi connectivity index (χ2n) is 4.39. The highest BCUT2D eigenvalue weighted by atomic mass is 16.5. The lowest BCUT2D eigenvalue weighted by atomic mass is 10.1. The molecule has 0 unspecified atom stereocenters. The summed E-state index contributed by atoms with van der Waals surface area (Å²) in [5, 5.41) is 3.37. The molecule has 0 heterocycles. The van der Waals surface area contributed by atoms with Crippen LogP contribution >= 0.6 is 0 Å². The molecule has 1 rings (SSSR count). The average Bonchev–Trinajstić information content (AvgIpc) is 2.42. The largest absolute Gasteiger partial charge is 0.465 e. The van der Waals surface area contributed by atoms with Gasteiger partial charge in [0.25, 0.3) is 0 Å². The number of hydrogen-bond donors (Lipinski definition) is 1. The van der Waals surface area contributed by atoms with Gasteiger partial charge in [0.1, 0.15) is 0 Å². The SMILES string of the molecule is CCCCCCNCc1ccccc1C(=O)OC. The first-order chi connectivity index (χ1) is 8.79. The first kappa shape index (κ1) is 14.7.